The third-order valence-corrected chi connectivity index (χ3v) is 3.20. The summed E-state index contributed by atoms with van der Waals surface area (Å²) in [5.41, 5.74) is 3.00. The van der Waals surface area contributed by atoms with Crippen molar-refractivity contribution in [1.29, 1.82) is 0 Å². The van der Waals surface area contributed by atoms with Gasteiger partial charge in [0.2, 0.25) is 6.79 Å². The van der Waals surface area contributed by atoms with E-state index in [9.17, 15) is 0 Å². The average Bonchev–Trinajstić information content (AvgIpc) is 2.87. The first-order chi connectivity index (χ1) is 9.22. The highest BCUT2D eigenvalue weighted by Crippen LogP contribution is 2.32. The largest absolute Gasteiger partial charge is 0.454 e. The molecular weight excluding hydrogens is 264 g/mol. The summed E-state index contributed by atoms with van der Waals surface area (Å²) in [5.74, 6) is 1.58. The first-order valence-electron chi connectivity index (χ1n) is 5.97. The van der Waals surface area contributed by atoms with Gasteiger partial charge in [0, 0.05) is 12.7 Å². The first-order valence-corrected chi connectivity index (χ1v) is 6.35. The van der Waals surface area contributed by atoms with Crippen LogP contribution in [0.2, 0.25) is 5.15 Å². The monoisotopic (exact) mass is 276 g/mol. The quantitative estimate of drug-likeness (QED) is 0.873. The normalized spacial score (nSPS) is 12.5. The molecule has 0 unspecified atom stereocenters. The average molecular weight is 277 g/mol. The van der Waals surface area contributed by atoms with Crippen molar-refractivity contribution in [2.24, 2.45) is 0 Å². The van der Waals surface area contributed by atoms with E-state index in [1.54, 1.807) is 6.20 Å². The van der Waals surface area contributed by atoms with Crippen molar-refractivity contribution in [3.63, 3.8) is 0 Å². The Balaban J connectivity index is 1.74. The number of hydrogen-bond acceptors (Lipinski definition) is 4. The summed E-state index contributed by atoms with van der Waals surface area (Å²) >= 11 is 6.04. The molecule has 0 amide bonds. The van der Waals surface area contributed by atoms with Gasteiger partial charge in [0.1, 0.15) is 0 Å². The fourth-order valence-corrected chi connectivity index (χ4v) is 2.09. The Bertz CT molecular complexity index is 616. The molecule has 0 spiro atoms. The van der Waals surface area contributed by atoms with Gasteiger partial charge in [-0.3, -0.25) is 0 Å². The van der Waals surface area contributed by atoms with Gasteiger partial charge in [-0.2, -0.15) is 0 Å². The fourth-order valence-electron chi connectivity index (χ4n) is 1.92. The van der Waals surface area contributed by atoms with Crippen LogP contribution in [0.3, 0.4) is 0 Å². The van der Waals surface area contributed by atoms with Crippen LogP contribution in [-0.4, -0.2) is 11.8 Å². The molecule has 1 N–H and O–H groups in total. The van der Waals surface area contributed by atoms with Crippen molar-refractivity contribution < 1.29 is 9.47 Å². The van der Waals surface area contributed by atoms with Crippen molar-refractivity contribution in [3.05, 3.63) is 46.7 Å². The lowest BCUT2D eigenvalue weighted by atomic mass is 10.2. The Kier molecular flexibility index (Phi) is 3.17. The zero-order valence-electron chi connectivity index (χ0n) is 10.4. The number of aromatic nitrogens is 1. The summed E-state index contributed by atoms with van der Waals surface area (Å²) in [6.07, 6.45) is 1.74. The second-order valence-electron chi connectivity index (χ2n) is 4.39. The highest BCUT2D eigenvalue weighted by molar-refractivity contribution is 6.31. The summed E-state index contributed by atoms with van der Waals surface area (Å²) in [6.45, 7) is 2.93. The molecular formula is C14H13ClN2O2. The number of pyridine rings is 1. The Morgan fingerprint density at radius 2 is 2.11 bits per heavy atom. The van der Waals surface area contributed by atoms with Crippen molar-refractivity contribution in [3.8, 4) is 11.5 Å². The molecule has 5 heteroatoms. The maximum absolute atomic E-state index is 6.04. The van der Waals surface area contributed by atoms with E-state index in [-0.39, 0.29) is 0 Å². The molecule has 1 aromatic carbocycles. The molecule has 2 heterocycles. The van der Waals surface area contributed by atoms with E-state index in [1.807, 2.05) is 31.2 Å². The maximum atomic E-state index is 6.04. The minimum Gasteiger partial charge on any atom is -0.454 e. The van der Waals surface area contributed by atoms with Crippen LogP contribution in [0, 0.1) is 6.92 Å². The fraction of sp³-hybridized carbons (Fsp3) is 0.214. The lowest BCUT2D eigenvalue weighted by Crippen LogP contribution is -2.01. The van der Waals surface area contributed by atoms with Crippen LogP contribution in [0.4, 0.5) is 5.69 Å². The summed E-state index contributed by atoms with van der Waals surface area (Å²) in [7, 11) is 0. The molecule has 0 saturated carbocycles. The van der Waals surface area contributed by atoms with E-state index in [0.717, 1.165) is 28.3 Å². The molecule has 0 atom stereocenters. The molecule has 19 heavy (non-hydrogen) atoms. The summed E-state index contributed by atoms with van der Waals surface area (Å²) < 4.78 is 10.6. The van der Waals surface area contributed by atoms with Gasteiger partial charge in [-0.25, -0.2) is 4.98 Å². The van der Waals surface area contributed by atoms with Crippen LogP contribution in [0.5, 0.6) is 11.5 Å². The van der Waals surface area contributed by atoms with Crippen molar-refractivity contribution in [2.45, 2.75) is 13.5 Å². The zero-order chi connectivity index (χ0) is 13.2. The van der Waals surface area contributed by atoms with E-state index in [4.69, 9.17) is 21.1 Å². The molecule has 3 rings (SSSR count). The van der Waals surface area contributed by atoms with Gasteiger partial charge in [0.25, 0.3) is 0 Å². The molecule has 0 bridgehead atoms. The Labute approximate surface area is 116 Å². The van der Waals surface area contributed by atoms with Crippen molar-refractivity contribution >= 4 is 17.3 Å². The van der Waals surface area contributed by atoms with Crippen LogP contribution >= 0.6 is 11.6 Å². The number of hydrogen-bond donors (Lipinski definition) is 1. The molecule has 1 aliphatic heterocycles. The van der Waals surface area contributed by atoms with E-state index in [2.05, 4.69) is 10.3 Å². The maximum Gasteiger partial charge on any atom is 0.231 e. The van der Waals surface area contributed by atoms with Gasteiger partial charge in [0.15, 0.2) is 16.7 Å². The van der Waals surface area contributed by atoms with Gasteiger partial charge < -0.3 is 14.8 Å². The summed E-state index contributed by atoms with van der Waals surface area (Å²) in [4.78, 5) is 4.11. The minimum atomic E-state index is 0.292. The van der Waals surface area contributed by atoms with E-state index in [0.29, 0.717) is 18.5 Å². The Morgan fingerprint density at radius 1 is 1.26 bits per heavy atom. The number of benzene rings is 1. The van der Waals surface area contributed by atoms with Crippen LogP contribution < -0.4 is 14.8 Å². The van der Waals surface area contributed by atoms with E-state index in [1.165, 1.54) is 0 Å². The number of ether oxygens (including phenoxy) is 2. The topological polar surface area (TPSA) is 43.4 Å². The number of anilines is 1. The predicted molar refractivity (Wildman–Crippen MR) is 73.9 cm³/mol. The molecule has 0 aliphatic carbocycles. The molecule has 98 valence electrons. The SMILES string of the molecule is Cc1cnc(Cl)c(NCc2ccc3c(c2)OCO3)c1. The second-order valence-corrected chi connectivity index (χ2v) is 4.75. The third-order valence-electron chi connectivity index (χ3n) is 2.90. The van der Waals surface area contributed by atoms with Crippen LogP contribution in [0.1, 0.15) is 11.1 Å². The first kappa shape index (κ1) is 12.1. The smallest absolute Gasteiger partial charge is 0.231 e. The molecule has 0 radical (unpaired) electrons. The van der Waals surface area contributed by atoms with Gasteiger partial charge in [-0.15, -0.1) is 0 Å². The number of rotatable bonds is 3. The van der Waals surface area contributed by atoms with E-state index >= 15 is 0 Å². The summed E-state index contributed by atoms with van der Waals surface area (Å²) in [6, 6.07) is 7.85. The molecule has 1 aliphatic rings. The standard InChI is InChI=1S/C14H13ClN2O2/c1-9-4-11(14(15)17-6-9)16-7-10-2-3-12-13(5-10)19-8-18-12/h2-6,16H,7-8H2,1H3. The lowest BCUT2D eigenvalue weighted by Gasteiger charge is -2.09. The predicted octanol–water partition coefficient (Wildman–Crippen LogP) is 3.38. The van der Waals surface area contributed by atoms with Crippen molar-refractivity contribution in [1.82, 2.24) is 4.98 Å². The highest BCUT2D eigenvalue weighted by atomic mass is 35.5. The third kappa shape index (κ3) is 2.58. The van der Waals surface area contributed by atoms with Crippen LogP contribution in [0.15, 0.2) is 30.5 Å². The summed E-state index contributed by atoms with van der Waals surface area (Å²) in [5, 5.41) is 3.75. The van der Waals surface area contributed by atoms with Gasteiger partial charge in [-0.05, 0) is 36.2 Å². The number of nitrogens with zero attached hydrogens (tertiary/aromatic N) is 1. The van der Waals surface area contributed by atoms with Crippen LogP contribution in [-0.2, 0) is 6.54 Å². The van der Waals surface area contributed by atoms with Gasteiger partial charge in [-0.1, -0.05) is 17.7 Å². The molecule has 4 nitrogen and oxygen atoms in total. The number of aryl methyl sites for hydroxylation is 1. The highest BCUT2D eigenvalue weighted by Gasteiger charge is 2.13. The lowest BCUT2D eigenvalue weighted by molar-refractivity contribution is 0.174. The Hall–Kier alpha value is -1.94. The van der Waals surface area contributed by atoms with Crippen molar-refractivity contribution in [2.75, 3.05) is 12.1 Å². The molecule has 0 fully saturated rings. The van der Waals surface area contributed by atoms with Gasteiger partial charge in [0.05, 0.1) is 5.69 Å². The van der Waals surface area contributed by atoms with Gasteiger partial charge >= 0.3 is 0 Å². The molecule has 2 aromatic rings. The second kappa shape index (κ2) is 4.97. The zero-order valence-corrected chi connectivity index (χ0v) is 11.2. The van der Waals surface area contributed by atoms with Crippen LogP contribution in [0.25, 0.3) is 0 Å². The number of nitrogens with one attached hydrogen (secondary N) is 1. The minimum absolute atomic E-state index is 0.292. The van der Waals surface area contributed by atoms with E-state index < -0.39 is 0 Å². The number of halogens is 1. The molecule has 0 saturated heterocycles. The number of fused-ring (bicyclic) bond motifs is 1. The Morgan fingerprint density at radius 3 is 3.00 bits per heavy atom. The molecule has 1 aromatic heterocycles.